The second kappa shape index (κ2) is 8.41. The van der Waals surface area contributed by atoms with Gasteiger partial charge < -0.3 is 14.4 Å². The molecular formula is C13H24N2O4S. The Bertz CT molecular complexity index is 496. The number of aromatic nitrogens is 1. The molecule has 0 saturated carbocycles. The zero-order valence-corrected chi connectivity index (χ0v) is 12.9. The number of hydrogen-bond donors (Lipinski definition) is 2. The van der Waals surface area contributed by atoms with E-state index in [2.05, 4.69) is 4.72 Å². The molecule has 0 aliphatic carbocycles. The summed E-state index contributed by atoms with van der Waals surface area (Å²) in [6.45, 7) is 5.94. The fourth-order valence-corrected chi connectivity index (χ4v) is 3.00. The summed E-state index contributed by atoms with van der Waals surface area (Å²) < 4.78 is 33.7. The number of aryl methyl sites for hydroxylation is 1. The molecule has 0 aliphatic rings. The molecule has 1 aromatic rings. The first-order valence-electron chi connectivity index (χ1n) is 6.92. The normalized spacial score (nSPS) is 11.9. The number of sulfonamides is 1. The smallest absolute Gasteiger partial charge is 0.242 e. The fourth-order valence-electron chi connectivity index (χ4n) is 1.86. The fraction of sp³-hybridized carbons (Fsp3) is 0.692. The Morgan fingerprint density at radius 2 is 2.15 bits per heavy atom. The molecule has 116 valence electrons. The van der Waals surface area contributed by atoms with Crippen LogP contribution in [0, 0.1) is 0 Å². The number of aliphatic hydroxyl groups excluding tert-OH is 1. The van der Waals surface area contributed by atoms with Crippen LogP contribution < -0.4 is 4.72 Å². The number of aliphatic hydroxyl groups is 1. The third-order valence-electron chi connectivity index (χ3n) is 2.86. The lowest BCUT2D eigenvalue weighted by molar-refractivity contribution is 0.146. The van der Waals surface area contributed by atoms with E-state index in [0.717, 1.165) is 6.42 Å². The maximum absolute atomic E-state index is 12.1. The van der Waals surface area contributed by atoms with Gasteiger partial charge in [0.25, 0.3) is 0 Å². The third-order valence-corrected chi connectivity index (χ3v) is 4.29. The van der Waals surface area contributed by atoms with E-state index in [1.54, 1.807) is 10.8 Å². The zero-order chi connectivity index (χ0) is 15.0. The van der Waals surface area contributed by atoms with E-state index in [-0.39, 0.29) is 11.5 Å². The lowest BCUT2D eigenvalue weighted by Gasteiger charge is -2.05. The predicted octanol–water partition coefficient (Wildman–Crippen LogP) is 1.10. The van der Waals surface area contributed by atoms with Gasteiger partial charge in [0, 0.05) is 38.2 Å². The predicted molar refractivity (Wildman–Crippen MR) is 76.9 cm³/mol. The van der Waals surface area contributed by atoms with Crippen LogP contribution in [0.1, 0.15) is 32.4 Å². The monoisotopic (exact) mass is 304 g/mol. The van der Waals surface area contributed by atoms with Gasteiger partial charge in [-0.1, -0.05) is 6.92 Å². The van der Waals surface area contributed by atoms with Crippen LogP contribution in [0.25, 0.3) is 0 Å². The van der Waals surface area contributed by atoms with Crippen molar-refractivity contribution in [1.29, 1.82) is 0 Å². The van der Waals surface area contributed by atoms with Crippen molar-refractivity contribution in [3.05, 3.63) is 18.0 Å². The Morgan fingerprint density at radius 3 is 2.75 bits per heavy atom. The van der Waals surface area contributed by atoms with Gasteiger partial charge in [-0.2, -0.15) is 0 Å². The molecule has 0 aromatic carbocycles. The summed E-state index contributed by atoms with van der Waals surface area (Å²) in [4.78, 5) is 0.200. The average molecular weight is 304 g/mol. The number of ether oxygens (including phenoxy) is 1. The minimum Gasteiger partial charge on any atom is -0.390 e. The highest BCUT2D eigenvalue weighted by Crippen LogP contribution is 2.15. The van der Waals surface area contributed by atoms with Gasteiger partial charge in [0.15, 0.2) is 0 Å². The Kier molecular flexibility index (Phi) is 7.22. The standard InChI is InChI=1S/C13H24N2O4S/c1-3-7-15-10-13(9-12(15)11-16)20(17,18)14-6-5-8-19-4-2/h9-10,14,16H,3-8,11H2,1-2H3. The van der Waals surface area contributed by atoms with E-state index in [1.165, 1.54) is 6.07 Å². The van der Waals surface area contributed by atoms with Gasteiger partial charge in [-0.05, 0) is 25.8 Å². The Balaban J connectivity index is 2.67. The molecule has 1 rings (SSSR count). The molecule has 0 fully saturated rings. The van der Waals surface area contributed by atoms with Crippen LogP contribution in [0.5, 0.6) is 0 Å². The minimum atomic E-state index is -3.52. The van der Waals surface area contributed by atoms with Crippen molar-refractivity contribution in [2.45, 2.75) is 44.7 Å². The summed E-state index contributed by atoms with van der Waals surface area (Å²) in [7, 11) is -3.52. The van der Waals surface area contributed by atoms with Gasteiger partial charge in [-0.15, -0.1) is 0 Å². The first-order chi connectivity index (χ1) is 9.55. The summed E-state index contributed by atoms with van der Waals surface area (Å²) in [5, 5.41) is 9.24. The van der Waals surface area contributed by atoms with Crippen molar-refractivity contribution >= 4 is 10.0 Å². The Hall–Kier alpha value is -0.890. The highest BCUT2D eigenvalue weighted by Gasteiger charge is 2.17. The topological polar surface area (TPSA) is 80.6 Å². The van der Waals surface area contributed by atoms with Crippen LogP contribution in [-0.2, 0) is 27.9 Å². The molecule has 1 heterocycles. The number of hydrogen-bond acceptors (Lipinski definition) is 4. The molecule has 0 atom stereocenters. The summed E-state index contributed by atoms with van der Waals surface area (Å²) >= 11 is 0. The number of rotatable bonds is 10. The van der Waals surface area contributed by atoms with Crippen molar-refractivity contribution in [2.75, 3.05) is 19.8 Å². The van der Waals surface area contributed by atoms with Gasteiger partial charge in [-0.3, -0.25) is 0 Å². The van der Waals surface area contributed by atoms with Crippen LogP contribution >= 0.6 is 0 Å². The van der Waals surface area contributed by atoms with Crippen LogP contribution in [0.15, 0.2) is 17.2 Å². The highest BCUT2D eigenvalue weighted by molar-refractivity contribution is 7.89. The van der Waals surface area contributed by atoms with Crippen molar-refractivity contribution in [1.82, 2.24) is 9.29 Å². The lowest BCUT2D eigenvalue weighted by Crippen LogP contribution is -2.25. The second-order valence-corrected chi connectivity index (χ2v) is 6.23. The molecule has 6 nitrogen and oxygen atoms in total. The quantitative estimate of drug-likeness (QED) is 0.634. The molecular weight excluding hydrogens is 280 g/mol. The Labute approximate surface area is 120 Å². The average Bonchev–Trinajstić information content (AvgIpc) is 2.83. The van der Waals surface area contributed by atoms with E-state index < -0.39 is 10.0 Å². The zero-order valence-electron chi connectivity index (χ0n) is 12.1. The van der Waals surface area contributed by atoms with E-state index >= 15 is 0 Å². The first kappa shape index (κ1) is 17.2. The van der Waals surface area contributed by atoms with E-state index in [1.807, 2.05) is 13.8 Å². The minimum absolute atomic E-state index is 0.167. The van der Waals surface area contributed by atoms with Crippen LogP contribution in [0.4, 0.5) is 0 Å². The van der Waals surface area contributed by atoms with Gasteiger partial charge >= 0.3 is 0 Å². The molecule has 0 saturated heterocycles. The molecule has 0 aliphatic heterocycles. The van der Waals surface area contributed by atoms with E-state index in [9.17, 15) is 13.5 Å². The maximum Gasteiger partial charge on any atom is 0.242 e. The molecule has 0 spiro atoms. The SMILES string of the molecule is CCCn1cc(S(=O)(=O)NCCCOCC)cc1CO. The van der Waals surface area contributed by atoms with Crippen molar-refractivity contribution in [3.63, 3.8) is 0 Å². The Morgan fingerprint density at radius 1 is 1.40 bits per heavy atom. The number of nitrogens with one attached hydrogen (secondary N) is 1. The molecule has 1 aromatic heterocycles. The summed E-state index contributed by atoms with van der Waals surface area (Å²) in [5.74, 6) is 0. The van der Waals surface area contributed by atoms with Crippen molar-refractivity contribution in [3.8, 4) is 0 Å². The van der Waals surface area contributed by atoms with Crippen molar-refractivity contribution < 1.29 is 18.3 Å². The number of nitrogens with zero attached hydrogens (tertiary/aromatic N) is 1. The molecule has 7 heteroatoms. The molecule has 20 heavy (non-hydrogen) atoms. The third kappa shape index (κ3) is 4.90. The summed E-state index contributed by atoms with van der Waals surface area (Å²) in [6, 6.07) is 1.51. The molecule has 0 bridgehead atoms. The van der Waals surface area contributed by atoms with Crippen LogP contribution in [-0.4, -0.2) is 37.8 Å². The van der Waals surface area contributed by atoms with Gasteiger partial charge in [0.1, 0.15) is 0 Å². The summed E-state index contributed by atoms with van der Waals surface area (Å²) in [6.07, 6.45) is 3.08. The maximum atomic E-state index is 12.1. The van der Waals surface area contributed by atoms with Gasteiger partial charge in [-0.25, -0.2) is 13.1 Å². The highest BCUT2D eigenvalue weighted by atomic mass is 32.2. The van der Waals surface area contributed by atoms with Gasteiger partial charge in [0.05, 0.1) is 11.5 Å². The lowest BCUT2D eigenvalue weighted by atomic mass is 10.4. The molecule has 0 amide bonds. The van der Waals surface area contributed by atoms with E-state index in [4.69, 9.17) is 4.74 Å². The second-order valence-electron chi connectivity index (χ2n) is 4.47. The molecule has 2 N–H and O–H groups in total. The largest absolute Gasteiger partial charge is 0.390 e. The van der Waals surface area contributed by atoms with Crippen LogP contribution in [0.2, 0.25) is 0 Å². The van der Waals surface area contributed by atoms with Crippen LogP contribution in [0.3, 0.4) is 0 Å². The van der Waals surface area contributed by atoms with Crippen molar-refractivity contribution in [2.24, 2.45) is 0 Å². The molecule has 0 radical (unpaired) electrons. The van der Waals surface area contributed by atoms with E-state index in [0.29, 0.717) is 38.4 Å². The van der Waals surface area contributed by atoms with Gasteiger partial charge in [0.2, 0.25) is 10.0 Å². The summed E-state index contributed by atoms with van der Waals surface area (Å²) in [5.41, 5.74) is 0.613. The first-order valence-corrected chi connectivity index (χ1v) is 8.40. The molecule has 0 unspecified atom stereocenters.